The molecule has 2 rings (SSSR count). The summed E-state index contributed by atoms with van der Waals surface area (Å²) in [4.78, 5) is 1.03. The molecule has 0 atom stereocenters. The van der Waals surface area contributed by atoms with E-state index in [-0.39, 0.29) is 4.75 Å². The number of hydrogen-bond acceptors (Lipinski definition) is 2. The molecule has 0 N–H and O–H groups in total. The van der Waals surface area contributed by atoms with Crippen LogP contribution in [0.15, 0.2) is 29.2 Å². The lowest BCUT2D eigenvalue weighted by atomic mass is 9.73. The van der Waals surface area contributed by atoms with Crippen LogP contribution in [-0.2, 0) is 0 Å². The molecule has 1 saturated carbocycles. The first-order valence-corrected chi connectivity index (χ1v) is 6.73. The zero-order valence-electron chi connectivity index (χ0n) is 9.24. The standard InChI is InChI=1S/C13H14ClNS/c1-2-10-7-13(8-10,9-15)16-12-6-4-3-5-11(12)14/h3-6,10H,2,7-8H2,1H3. The molecule has 0 saturated heterocycles. The van der Waals surface area contributed by atoms with Gasteiger partial charge in [-0.15, -0.1) is 11.8 Å². The Morgan fingerprint density at radius 2 is 2.19 bits per heavy atom. The molecule has 1 aliphatic rings. The summed E-state index contributed by atoms with van der Waals surface area (Å²) in [5.74, 6) is 0.717. The molecule has 0 aliphatic heterocycles. The smallest absolute Gasteiger partial charge is 0.108 e. The van der Waals surface area contributed by atoms with E-state index in [9.17, 15) is 5.26 Å². The van der Waals surface area contributed by atoms with Crippen LogP contribution in [-0.4, -0.2) is 4.75 Å². The van der Waals surface area contributed by atoms with Crippen molar-refractivity contribution in [2.24, 2.45) is 5.92 Å². The molecule has 0 spiro atoms. The minimum atomic E-state index is -0.230. The Balaban J connectivity index is 2.10. The molecule has 1 fully saturated rings. The number of nitrogens with zero attached hydrogens (tertiary/aromatic N) is 1. The lowest BCUT2D eigenvalue weighted by Crippen LogP contribution is -2.39. The highest BCUT2D eigenvalue weighted by Gasteiger charge is 2.44. The van der Waals surface area contributed by atoms with E-state index in [0.717, 1.165) is 28.7 Å². The van der Waals surface area contributed by atoms with Gasteiger partial charge in [0.2, 0.25) is 0 Å². The zero-order valence-corrected chi connectivity index (χ0v) is 10.8. The van der Waals surface area contributed by atoms with Gasteiger partial charge in [-0.25, -0.2) is 0 Å². The maximum Gasteiger partial charge on any atom is 0.108 e. The molecule has 84 valence electrons. The van der Waals surface area contributed by atoms with Gasteiger partial charge in [0.05, 0.1) is 11.1 Å². The maximum absolute atomic E-state index is 9.29. The fraction of sp³-hybridized carbons (Fsp3) is 0.462. The van der Waals surface area contributed by atoms with Gasteiger partial charge in [0.15, 0.2) is 0 Å². The number of rotatable bonds is 3. The molecule has 1 aliphatic carbocycles. The van der Waals surface area contributed by atoms with E-state index in [2.05, 4.69) is 13.0 Å². The summed E-state index contributed by atoms with van der Waals surface area (Å²) in [5, 5.41) is 10.0. The highest BCUT2D eigenvalue weighted by molar-refractivity contribution is 8.01. The third-order valence-electron chi connectivity index (χ3n) is 3.16. The summed E-state index contributed by atoms with van der Waals surface area (Å²) in [6.07, 6.45) is 3.16. The maximum atomic E-state index is 9.29. The van der Waals surface area contributed by atoms with Gasteiger partial charge in [0, 0.05) is 4.90 Å². The van der Waals surface area contributed by atoms with Crippen molar-refractivity contribution in [2.45, 2.75) is 35.8 Å². The van der Waals surface area contributed by atoms with Crippen LogP contribution in [0.2, 0.25) is 5.02 Å². The van der Waals surface area contributed by atoms with E-state index in [1.165, 1.54) is 6.42 Å². The quantitative estimate of drug-likeness (QED) is 0.789. The summed E-state index contributed by atoms with van der Waals surface area (Å²) in [6, 6.07) is 10.2. The van der Waals surface area contributed by atoms with Crippen LogP contribution < -0.4 is 0 Å². The predicted molar refractivity (Wildman–Crippen MR) is 68.7 cm³/mol. The Morgan fingerprint density at radius 1 is 1.50 bits per heavy atom. The summed E-state index contributed by atoms with van der Waals surface area (Å²) < 4.78 is -0.230. The molecular formula is C13H14ClNS. The Kier molecular flexibility index (Phi) is 3.47. The molecule has 0 amide bonds. The molecule has 1 aromatic rings. The summed E-state index contributed by atoms with van der Waals surface area (Å²) in [7, 11) is 0. The van der Waals surface area contributed by atoms with Gasteiger partial charge in [-0.3, -0.25) is 0 Å². The van der Waals surface area contributed by atoms with E-state index in [0.29, 0.717) is 0 Å². The van der Waals surface area contributed by atoms with Crippen molar-refractivity contribution in [2.75, 3.05) is 0 Å². The monoisotopic (exact) mass is 251 g/mol. The lowest BCUT2D eigenvalue weighted by Gasteiger charge is -2.41. The summed E-state index contributed by atoms with van der Waals surface area (Å²) in [6.45, 7) is 2.19. The molecule has 0 radical (unpaired) electrons. The number of nitriles is 1. The van der Waals surface area contributed by atoms with Gasteiger partial charge >= 0.3 is 0 Å². The molecule has 1 nitrogen and oxygen atoms in total. The summed E-state index contributed by atoms with van der Waals surface area (Å²) >= 11 is 7.74. The lowest BCUT2D eigenvalue weighted by molar-refractivity contribution is 0.269. The average Bonchev–Trinajstić information content (AvgIpc) is 2.25. The number of benzene rings is 1. The largest absolute Gasteiger partial charge is 0.197 e. The number of thioether (sulfide) groups is 1. The highest BCUT2D eigenvalue weighted by atomic mass is 35.5. The van der Waals surface area contributed by atoms with Crippen LogP contribution in [0.25, 0.3) is 0 Å². The molecule has 3 heteroatoms. The van der Waals surface area contributed by atoms with E-state index >= 15 is 0 Å². The second-order valence-corrected chi connectivity index (χ2v) is 6.15. The van der Waals surface area contributed by atoms with Crippen LogP contribution >= 0.6 is 23.4 Å². The number of halogens is 1. The van der Waals surface area contributed by atoms with Crippen molar-refractivity contribution in [3.8, 4) is 6.07 Å². The van der Waals surface area contributed by atoms with Crippen molar-refractivity contribution >= 4 is 23.4 Å². The van der Waals surface area contributed by atoms with E-state index in [1.807, 2.05) is 24.3 Å². The molecule has 0 unspecified atom stereocenters. The fourth-order valence-corrected chi connectivity index (χ4v) is 3.77. The van der Waals surface area contributed by atoms with E-state index in [4.69, 9.17) is 11.6 Å². The molecular weight excluding hydrogens is 238 g/mol. The van der Waals surface area contributed by atoms with Crippen molar-refractivity contribution < 1.29 is 0 Å². The Hall–Kier alpha value is -0.650. The minimum Gasteiger partial charge on any atom is -0.197 e. The van der Waals surface area contributed by atoms with E-state index in [1.54, 1.807) is 11.8 Å². The van der Waals surface area contributed by atoms with Gasteiger partial charge in [-0.05, 0) is 30.9 Å². The second-order valence-electron chi connectivity index (χ2n) is 4.32. The van der Waals surface area contributed by atoms with Crippen molar-refractivity contribution in [3.63, 3.8) is 0 Å². The first kappa shape index (κ1) is 11.8. The van der Waals surface area contributed by atoms with Crippen molar-refractivity contribution in [1.82, 2.24) is 0 Å². The second kappa shape index (κ2) is 4.69. The molecule has 16 heavy (non-hydrogen) atoms. The summed E-state index contributed by atoms with van der Waals surface area (Å²) in [5.41, 5.74) is 0. The van der Waals surface area contributed by atoms with Gasteiger partial charge in [-0.2, -0.15) is 5.26 Å². The highest BCUT2D eigenvalue weighted by Crippen LogP contribution is 2.52. The Labute approximate surface area is 106 Å². The molecule has 0 heterocycles. The zero-order chi connectivity index (χ0) is 11.6. The van der Waals surface area contributed by atoms with Gasteiger partial charge in [-0.1, -0.05) is 37.1 Å². The van der Waals surface area contributed by atoms with Crippen molar-refractivity contribution in [3.05, 3.63) is 29.3 Å². The van der Waals surface area contributed by atoms with Crippen LogP contribution in [0.1, 0.15) is 26.2 Å². The minimum absolute atomic E-state index is 0.230. The van der Waals surface area contributed by atoms with E-state index < -0.39 is 0 Å². The first-order chi connectivity index (χ1) is 7.69. The molecule has 1 aromatic carbocycles. The fourth-order valence-electron chi connectivity index (χ4n) is 2.10. The van der Waals surface area contributed by atoms with Crippen LogP contribution in [0.4, 0.5) is 0 Å². The van der Waals surface area contributed by atoms with Crippen LogP contribution in [0.5, 0.6) is 0 Å². The Bertz CT molecular complexity index is 418. The number of hydrogen-bond donors (Lipinski definition) is 0. The van der Waals surface area contributed by atoms with Gasteiger partial charge < -0.3 is 0 Å². The van der Waals surface area contributed by atoms with Gasteiger partial charge in [0.1, 0.15) is 4.75 Å². The third-order valence-corrected chi connectivity index (χ3v) is 4.99. The predicted octanol–water partition coefficient (Wildman–Crippen LogP) is 4.51. The normalized spacial score (nSPS) is 28.2. The van der Waals surface area contributed by atoms with Crippen LogP contribution in [0.3, 0.4) is 0 Å². The third kappa shape index (κ3) is 2.21. The topological polar surface area (TPSA) is 23.8 Å². The first-order valence-electron chi connectivity index (χ1n) is 5.54. The van der Waals surface area contributed by atoms with Gasteiger partial charge in [0.25, 0.3) is 0 Å². The molecule has 0 bridgehead atoms. The molecule has 0 aromatic heterocycles. The van der Waals surface area contributed by atoms with Crippen molar-refractivity contribution in [1.29, 1.82) is 5.26 Å². The average molecular weight is 252 g/mol. The van der Waals surface area contributed by atoms with Crippen LogP contribution in [0, 0.1) is 17.2 Å². The Morgan fingerprint density at radius 3 is 2.75 bits per heavy atom. The SMILES string of the molecule is CCC1CC(C#N)(Sc2ccccc2Cl)C1.